The fraction of sp³-hybridized carbons (Fsp3) is 0.200. The van der Waals surface area contributed by atoms with Gasteiger partial charge >= 0.3 is 0 Å². The van der Waals surface area contributed by atoms with Crippen LogP contribution >= 0.6 is 34.2 Å². The van der Waals surface area contributed by atoms with Crippen LogP contribution in [0.15, 0.2) is 22.7 Å². The molecule has 6 heteroatoms. The van der Waals surface area contributed by atoms with E-state index in [1.165, 1.54) is 0 Å². The molecule has 1 heterocycles. The zero-order valence-corrected chi connectivity index (χ0v) is 11.4. The van der Waals surface area contributed by atoms with Crippen LogP contribution in [0.5, 0.6) is 0 Å². The minimum absolute atomic E-state index is 0.498. The lowest BCUT2D eigenvalue weighted by Crippen LogP contribution is -2.01. The highest BCUT2D eigenvalue weighted by atomic mass is 127. The summed E-state index contributed by atoms with van der Waals surface area (Å²) in [6.07, 6.45) is 0. The molecule has 0 aliphatic heterocycles. The quantitative estimate of drug-likeness (QED) is 0.864. The fourth-order valence-corrected chi connectivity index (χ4v) is 2.14. The van der Waals surface area contributed by atoms with E-state index in [1.807, 2.05) is 18.2 Å². The number of hydrogen-bond acceptors (Lipinski definition) is 4. The van der Waals surface area contributed by atoms with E-state index < -0.39 is 0 Å². The summed E-state index contributed by atoms with van der Waals surface area (Å²) in [4.78, 5) is 4.09. The van der Waals surface area contributed by atoms with E-state index in [-0.39, 0.29) is 0 Å². The molecule has 4 nitrogen and oxygen atoms in total. The summed E-state index contributed by atoms with van der Waals surface area (Å²) in [6.45, 7) is 2.26. The Morgan fingerprint density at radius 2 is 2.31 bits per heavy atom. The molecule has 2 aromatic rings. The van der Waals surface area contributed by atoms with Gasteiger partial charge in [-0.1, -0.05) is 16.8 Å². The molecule has 2 rings (SSSR count). The molecule has 84 valence electrons. The van der Waals surface area contributed by atoms with Crippen molar-refractivity contribution in [3.05, 3.63) is 38.5 Å². The Morgan fingerprint density at radius 3 is 2.94 bits per heavy atom. The van der Waals surface area contributed by atoms with Crippen LogP contribution in [0.4, 0.5) is 5.69 Å². The van der Waals surface area contributed by atoms with Gasteiger partial charge in [0.25, 0.3) is 0 Å². The number of rotatable bonds is 3. The van der Waals surface area contributed by atoms with Gasteiger partial charge in [-0.2, -0.15) is 4.98 Å². The fourth-order valence-electron chi connectivity index (χ4n) is 1.22. The van der Waals surface area contributed by atoms with E-state index in [0.29, 0.717) is 23.3 Å². The van der Waals surface area contributed by atoms with Crippen LogP contribution in [0, 0.1) is 10.5 Å². The van der Waals surface area contributed by atoms with Gasteiger partial charge in [0.05, 0.1) is 17.3 Å². The molecule has 1 aromatic heterocycles. The van der Waals surface area contributed by atoms with Crippen molar-refractivity contribution in [3.63, 3.8) is 0 Å². The van der Waals surface area contributed by atoms with Crippen LogP contribution in [0.25, 0.3) is 0 Å². The molecular weight excluding hydrogens is 340 g/mol. The Labute approximate surface area is 112 Å². The van der Waals surface area contributed by atoms with E-state index in [9.17, 15) is 0 Å². The summed E-state index contributed by atoms with van der Waals surface area (Å²) in [5.41, 5.74) is 0.865. The molecule has 0 bridgehead atoms. The molecule has 0 atom stereocenters. The van der Waals surface area contributed by atoms with Crippen LogP contribution in [0.3, 0.4) is 0 Å². The monoisotopic (exact) mass is 349 g/mol. The predicted molar refractivity (Wildman–Crippen MR) is 70.5 cm³/mol. The van der Waals surface area contributed by atoms with Crippen molar-refractivity contribution in [2.24, 2.45) is 0 Å². The first-order valence-corrected chi connectivity index (χ1v) is 6.09. The second-order valence-electron chi connectivity index (χ2n) is 3.21. The molecule has 0 aliphatic carbocycles. The predicted octanol–water partition coefficient (Wildman–Crippen LogP) is 3.25. The molecular formula is C10H9ClIN3O. The molecule has 0 aliphatic rings. The number of nitrogens with zero attached hydrogens (tertiary/aromatic N) is 2. The lowest BCUT2D eigenvalue weighted by Gasteiger charge is -2.05. The van der Waals surface area contributed by atoms with Crippen LogP contribution in [0.2, 0.25) is 5.02 Å². The van der Waals surface area contributed by atoms with Crippen LogP contribution < -0.4 is 5.32 Å². The Kier molecular flexibility index (Phi) is 3.65. The lowest BCUT2D eigenvalue weighted by molar-refractivity contribution is 0.388. The van der Waals surface area contributed by atoms with Crippen molar-refractivity contribution >= 4 is 39.9 Å². The zero-order chi connectivity index (χ0) is 11.5. The van der Waals surface area contributed by atoms with Crippen molar-refractivity contribution in [2.45, 2.75) is 13.5 Å². The smallest absolute Gasteiger partial charge is 0.223 e. The molecule has 0 spiro atoms. The maximum absolute atomic E-state index is 6.07. The van der Waals surface area contributed by atoms with Gasteiger partial charge in [-0.05, 0) is 40.8 Å². The average Bonchev–Trinajstić information content (AvgIpc) is 2.63. The number of anilines is 1. The second kappa shape index (κ2) is 5.01. The molecule has 1 N–H and O–H groups in total. The number of nitrogens with one attached hydrogen (secondary N) is 1. The standard InChI is InChI=1S/C10H9ClIN3O/c1-6-14-10(15-16-6)5-13-9-3-2-7(12)4-8(9)11/h2-4,13H,5H2,1H3. The maximum Gasteiger partial charge on any atom is 0.223 e. The third-order valence-corrected chi connectivity index (χ3v) is 2.92. The molecule has 0 saturated heterocycles. The Balaban J connectivity index is 2.04. The molecule has 0 unspecified atom stereocenters. The van der Waals surface area contributed by atoms with Gasteiger partial charge < -0.3 is 9.84 Å². The van der Waals surface area contributed by atoms with Crippen molar-refractivity contribution in [3.8, 4) is 0 Å². The first-order valence-electron chi connectivity index (χ1n) is 4.63. The van der Waals surface area contributed by atoms with E-state index in [4.69, 9.17) is 16.1 Å². The Morgan fingerprint density at radius 1 is 1.50 bits per heavy atom. The summed E-state index contributed by atoms with van der Waals surface area (Å²) in [6, 6.07) is 5.80. The first kappa shape index (κ1) is 11.7. The first-order chi connectivity index (χ1) is 7.65. The number of benzene rings is 1. The molecule has 0 amide bonds. The highest BCUT2D eigenvalue weighted by molar-refractivity contribution is 14.1. The second-order valence-corrected chi connectivity index (χ2v) is 4.86. The van der Waals surface area contributed by atoms with Gasteiger partial charge in [-0.15, -0.1) is 0 Å². The molecule has 0 radical (unpaired) electrons. The zero-order valence-electron chi connectivity index (χ0n) is 8.50. The molecule has 16 heavy (non-hydrogen) atoms. The van der Waals surface area contributed by atoms with Gasteiger partial charge in [0, 0.05) is 10.5 Å². The maximum atomic E-state index is 6.07. The van der Waals surface area contributed by atoms with Crippen LogP contribution in [-0.2, 0) is 6.54 Å². The van der Waals surface area contributed by atoms with Crippen molar-refractivity contribution in [1.82, 2.24) is 10.1 Å². The topological polar surface area (TPSA) is 51.0 Å². The number of aromatic nitrogens is 2. The van der Waals surface area contributed by atoms with Crippen molar-refractivity contribution in [1.29, 1.82) is 0 Å². The summed E-state index contributed by atoms with van der Waals surface area (Å²) < 4.78 is 5.97. The van der Waals surface area contributed by atoms with Crippen molar-refractivity contribution < 1.29 is 4.52 Å². The summed E-state index contributed by atoms with van der Waals surface area (Å²) in [5.74, 6) is 1.18. The van der Waals surface area contributed by atoms with Gasteiger partial charge in [0.1, 0.15) is 0 Å². The SMILES string of the molecule is Cc1nc(CNc2ccc(I)cc2Cl)no1. The minimum atomic E-state index is 0.498. The van der Waals surface area contributed by atoms with Crippen molar-refractivity contribution in [2.75, 3.05) is 5.32 Å². The summed E-state index contributed by atoms with van der Waals surface area (Å²) >= 11 is 8.28. The highest BCUT2D eigenvalue weighted by Crippen LogP contribution is 2.24. The van der Waals surface area contributed by atoms with E-state index >= 15 is 0 Å². The third kappa shape index (κ3) is 2.85. The Hall–Kier alpha value is -0.820. The normalized spacial score (nSPS) is 10.4. The third-order valence-electron chi connectivity index (χ3n) is 1.94. The summed E-state index contributed by atoms with van der Waals surface area (Å²) in [5, 5.41) is 7.62. The number of aryl methyl sites for hydroxylation is 1. The van der Waals surface area contributed by atoms with E-state index in [1.54, 1.807) is 6.92 Å². The number of halogens is 2. The van der Waals surface area contributed by atoms with E-state index in [2.05, 4.69) is 38.0 Å². The van der Waals surface area contributed by atoms with Crippen LogP contribution in [-0.4, -0.2) is 10.1 Å². The van der Waals surface area contributed by atoms with Gasteiger partial charge in [-0.25, -0.2) is 0 Å². The minimum Gasteiger partial charge on any atom is -0.376 e. The average molecular weight is 350 g/mol. The van der Waals surface area contributed by atoms with E-state index in [0.717, 1.165) is 9.26 Å². The lowest BCUT2D eigenvalue weighted by atomic mass is 10.3. The van der Waals surface area contributed by atoms with Gasteiger partial charge in [0.2, 0.25) is 5.89 Å². The Bertz CT molecular complexity index is 501. The molecule has 0 saturated carbocycles. The molecule has 0 fully saturated rings. The highest BCUT2D eigenvalue weighted by Gasteiger charge is 2.04. The van der Waals surface area contributed by atoms with Crippen LogP contribution in [0.1, 0.15) is 11.7 Å². The summed E-state index contributed by atoms with van der Waals surface area (Å²) in [7, 11) is 0. The molecule has 1 aromatic carbocycles. The largest absolute Gasteiger partial charge is 0.376 e. The van der Waals surface area contributed by atoms with Gasteiger partial charge in [0.15, 0.2) is 5.82 Å². The number of hydrogen-bond donors (Lipinski definition) is 1. The van der Waals surface area contributed by atoms with Gasteiger partial charge in [-0.3, -0.25) is 0 Å².